The molecule has 0 aromatic heterocycles. The maximum atomic E-state index is 15.6. The molecule has 21 heteroatoms. The Hall–Kier alpha value is -9.14. The fraction of sp³-hybridized carbons (Fsp3) is 0.349. The van der Waals surface area contributed by atoms with E-state index in [1.807, 2.05) is 6.92 Å². The number of azo groups is 1. The minimum atomic E-state index is -4.85. The first-order valence-electron chi connectivity index (χ1n) is 27.0. The average Bonchev–Trinajstić information content (AvgIpc) is 1.81. The Labute approximate surface area is 485 Å². The molecule has 0 bridgehead atoms. The van der Waals surface area contributed by atoms with Crippen LogP contribution in [0, 0.1) is 0 Å². The van der Waals surface area contributed by atoms with E-state index in [1.165, 1.54) is 61.7 Å². The maximum Gasteiger partial charge on any atom is 0.514 e. The zero-order valence-corrected chi connectivity index (χ0v) is 49.1. The fourth-order valence-electron chi connectivity index (χ4n) is 7.59. The summed E-state index contributed by atoms with van der Waals surface area (Å²) in [6.45, 7) is 20.0. The highest BCUT2D eigenvalue weighted by atomic mass is 19.4. The number of imide groups is 3. The van der Waals surface area contributed by atoms with Gasteiger partial charge in [0, 0.05) is 16.5 Å². The Kier molecular flexibility index (Phi) is 19.8. The van der Waals surface area contributed by atoms with Crippen molar-refractivity contribution in [3.05, 3.63) is 150 Å². The molecule has 0 aliphatic heterocycles. The number of fused-ring (bicyclic) bond motifs is 1. The highest BCUT2D eigenvalue weighted by Gasteiger charge is 2.38. The second kappa shape index (κ2) is 26.0. The lowest BCUT2D eigenvalue weighted by molar-refractivity contribution is -0.137. The number of rotatable bonds is 18. The lowest BCUT2D eigenvalue weighted by Crippen LogP contribution is -2.42. The van der Waals surface area contributed by atoms with E-state index in [1.54, 1.807) is 119 Å². The maximum absolute atomic E-state index is 15.6. The van der Waals surface area contributed by atoms with Gasteiger partial charge < -0.3 is 28.4 Å². The normalized spacial score (nSPS) is 12.0. The molecule has 0 saturated heterocycles. The molecule has 18 nitrogen and oxygen atoms in total. The number of ether oxygens (including phenoxy) is 6. The van der Waals surface area contributed by atoms with Crippen molar-refractivity contribution in [1.82, 2.24) is 0 Å². The number of carbonyl (C=O) groups is 7. The molecular weight excluding hydrogens is 1090 g/mol. The Morgan fingerprint density at radius 2 is 0.952 bits per heavy atom. The van der Waals surface area contributed by atoms with E-state index in [2.05, 4.69) is 10.2 Å². The molecule has 0 saturated carbocycles. The van der Waals surface area contributed by atoms with Gasteiger partial charge in [-0.05, 0) is 165 Å². The number of halogens is 3. The number of methoxy groups -OCH3 is 1. The largest absolute Gasteiger partial charge is 0.514 e. The van der Waals surface area contributed by atoms with Crippen molar-refractivity contribution in [2.75, 3.05) is 21.8 Å². The van der Waals surface area contributed by atoms with E-state index < -0.39 is 93.3 Å². The average molecular weight is 1160 g/mol. The summed E-state index contributed by atoms with van der Waals surface area (Å²) < 4.78 is 76.8. The molecule has 0 radical (unpaired) electrons. The van der Waals surface area contributed by atoms with Gasteiger partial charge >= 0.3 is 30.6 Å². The van der Waals surface area contributed by atoms with Gasteiger partial charge in [-0.2, -0.15) is 13.2 Å². The quantitative estimate of drug-likeness (QED) is 0.0340. The van der Waals surface area contributed by atoms with Crippen LogP contribution in [0.15, 0.2) is 138 Å². The van der Waals surface area contributed by atoms with Crippen molar-refractivity contribution < 1.29 is 75.2 Å². The van der Waals surface area contributed by atoms with Crippen molar-refractivity contribution >= 4 is 81.4 Å². The Bertz CT molecular complexity index is 3470. The van der Waals surface area contributed by atoms with Crippen molar-refractivity contribution in [2.45, 2.75) is 137 Å². The van der Waals surface area contributed by atoms with Gasteiger partial charge in [-0.3, -0.25) is 14.4 Å². The van der Waals surface area contributed by atoms with Gasteiger partial charge in [-0.25, -0.2) is 33.9 Å². The standard InChI is InChI=1S/C63H68F3N5O13/c1-14-59(5,6)81-55(75)69(52(72)39-24-19-18-20-25-39)43-31-33-44(34-32-43)70(56(76)82-60(7,8)15-2)54(74)47-36-40-26-21-22-29-46(40)50(51(47)80-58(78)84-62(11,12)17-4)68-67-48-37-41(30-35-49(48)79-13)53(73)71(57(77)83-61(9,10)16-3)45-28-23-27-42(38-45)63(64,65)66/h18-38H,14-17H2,1-13H3. The first kappa shape index (κ1) is 64.0. The van der Waals surface area contributed by atoms with Gasteiger partial charge in [-0.1, -0.05) is 76.2 Å². The summed E-state index contributed by atoms with van der Waals surface area (Å²) in [7, 11) is 1.28. The van der Waals surface area contributed by atoms with Crippen molar-refractivity contribution in [2.24, 2.45) is 10.2 Å². The molecule has 84 heavy (non-hydrogen) atoms. The second-order valence-corrected chi connectivity index (χ2v) is 21.8. The lowest BCUT2D eigenvalue weighted by atomic mass is 10.0. The van der Waals surface area contributed by atoms with Crippen LogP contribution in [0.3, 0.4) is 0 Å². The van der Waals surface area contributed by atoms with Gasteiger partial charge in [0.2, 0.25) is 0 Å². The Morgan fingerprint density at radius 3 is 1.46 bits per heavy atom. The van der Waals surface area contributed by atoms with Crippen LogP contribution in [0.25, 0.3) is 10.8 Å². The highest BCUT2D eigenvalue weighted by Crippen LogP contribution is 2.44. The number of nitrogens with zero attached hydrogens (tertiary/aromatic N) is 5. The predicted molar refractivity (Wildman–Crippen MR) is 310 cm³/mol. The number of amides is 6. The number of hydrogen-bond acceptors (Lipinski definition) is 15. The van der Waals surface area contributed by atoms with Crippen LogP contribution in [0.4, 0.5) is 60.8 Å². The summed E-state index contributed by atoms with van der Waals surface area (Å²) in [6.07, 6.45) is -8.32. The summed E-state index contributed by atoms with van der Waals surface area (Å²) in [5.41, 5.74) is -7.25. The monoisotopic (exact) mass is 1160 g/mol. The number of carbonyl (C=O) groups excluding carboxylic acids is 7. The van der Waals surface area contributed by atoms with Gasteiger partial charge in [0.1, 0.15) is 39.5 Å². The van der Waals surface area contributed by atoms with Crippen LogP contribution >= 0.6 is 0 Å². The minimum Gasteiger partial charge on any atom is -0.494 e. The number of benzene rings is 6. The molecule has 0 spiro atoms. The second-order valence-electron chi connectivity index (χ2n) is 21.8. The van der Waals surface area contributed by atoms with E-state index >= 15 is 4.79 Å². The summed E-state index contributed by atoms with van der Waals surface area (Å²) >= 11 is 0. The number of alkyl halides is 3. The molecule has 6 aromatic carbocycles. The van der Waals surface area contributed by atoms with E-state index in [4.69, 9.17) is 28.4 Å². The topological polar surface area (TPSA) is 209 Å². The SMILES string of the molecule is CCC(C)(C)OC(=O)Oc1c(C(=O)N(C(=O)OC(C)(C)CC)c2ccc(N(C(=O)OC(C)(C)CC)C(=O)c3ccccc3)cc2)cc2ccccc2c1N=Nc1cc(C(=O)N(C(=O)OC(C)(C)CC)c2cccc(C(F)(F)F)c2)ccc1OC. The van der Waals surface area contributed by atoms with E-state index in [0.717, 1.165) is 29.2 Å². The first-order valence-corrected chi connectivity index (χ1v) is 27.0. The number of anilines is 3. The summed E-state index contributed by atoms with van der Waals surface area (Å²) in [4.78, 5) is 103. The molecule has 6 amide bonds. The lowest BCUT2D eigenvalue weighted by Gasteiger charge is -2.30. The Morgan fingerprint density at radius 1 is 0.476 bits per heavy atom. The third kappa shape index (κ3) is 15.5. The van der Waals surface area contributed by atoms with E-state index in [0.29, 0.717) is 40.5 Å². The van der Waals surface area contributed by atoms with Crippen LogP contribution in [0.1, 0.15) is 145 Å². The Balaban J connectivity index is 1.56. The molecular formula is C63H68F3N5O13. The molecule has 0 N–H and O–H groups in total. The molecule has 6 aromatic rings. The zero-order chi connectivity index (χ0) is 62.1. The fourth-order valence-corrected chi connectivity index (χ4v) is 7.59. The molecule has 0 aliphatic rings. The molecule has 0 atom stereocenters. The van der Waals surface area contributed by atoms with Gasteiger partial charge in [-0.15, -0.1) is 10.2 Å². The van der Waals surface area contributed by atoms with E-state index in [9.17, 15) is 41.9 Å². The van der Waals surface area contributed by atoms with Crippen molar-refractivity contribution in [3.63, 3.8) is 0 Å². The van der Waals surface area contributed by atoms with Crippen LogP contribution in [-0.4, -0.2) is 71.7 Å². The molecule has 0 unspecified atom stereocenters. The van der Waals surface area contributed by atoms with Gasteiger partial charge in [0.15, 0.2) is 5.75 Å². The van der Waals surface area contributed by atoms with Crippen LogP contribution in [0.2, 0.25) is 0 Å². The summed E-state index contributed by atoms with van der Waals surface area (Å²) in [5, 5.41) is 9.50. The summed E-state index contributed by atoms with van der Waals surface area (Å²) in [6, 6.07) is 28.3. The zero-order valence-electron chi connectivity index (χ0n) is 49.1. The molecule has 0 fully saturated rings. The van der Waals surface area contributed by atoms with Gasteiger partial charge in [0.25, 0.3) is 17.7 Å². The third-order valence-corrected chi connectivity index (χ3v) is 13.9. The van der Waals surface area contributed by atoms with Crippen molar-refractivity contribution in [3.8, 4) is 11.5 Å². The highest BCUT2D eigenvalue weighted by molar-refractivity contribution is 6.23. The molecule has 444 valence electrons. The third-order valence-electron chi connectivity index (χ3n) is 13.9. The van der Waals surface area contributed by atoms with E-state index in [-0.39, 0.29) is 51.4 Å². The molecule has 0 heterocycles. The smallest absolute Gasteiger partial charge is 0.494 e. The molecule has 6 rings (SSSR count). The number of hydrogen-bond donors (Lipinski definition) is 0. The van der Waals surface area contributed by atoms with Crippen LogP contribution in [-0.2, 0) is 25.1 Å². The summed E-state index contributed by atoms with van der Waals surface area (Å²) in [5.74, 6) is -3.59. The minimum absolute atomic E-state index is 0.00260. The van der Waals surface area contributed by atoms with Crippen molar-refractivity contribution in [1.29, 1.82) is 0 Å². The first-order chi connectivity index (χ1) is 39.4. The van der Waals surface area contributed by atoms with Gasteiger partial charge in [0.05, 0.1) is 35.3 Å². The molecule has 0 aliphatic carbocycles. The van der Waals surface area contributed by atoms with Crippen LogP contribution in [0.5, 0.6) is 11.5 Å². The predicted octanol–water partition coefficient (Wildman–Crippen LogP) is 16.9. The van der Waals surface area contributed by atoms with Crippen LogP contribution < -0.4 is 24.2 Å².